The standard InChI is InChI=1S/C18H26N6O2S/c1-4-5-6-8-13(2)19-17(26)12-27-18-21-22-23-24(18)16-10-7-9-15(11-16)20-14(3)25/h7,9-11,13H,4-6,8,12H2,1-3H3,(H,19,26)(H,20,25). The van der Waals surface area contributed by atoms with Crippen molar-refractivity contribution in [3.63, 3.8) is 0 Å². The van der Waals surface area contributed by atoms with Gasteiger partial charge in [0.2, 0.25) is 17.0 Å². The minimum Gasteiger partial charge on any atom is -0.353 e. The molecule has 0 aliphatic rings. The van der Waals surface area contributed by atoms with Gasteiger partial charge in [-0.3, -0.25) is 9.59 Å². The number of carbonyl (C=O) groups excluding carboxylic acids is 2. The van der Waals surface area contributed by atoms with Crippen LogP contribution in [0.4, 0.5) is 5.69 Å². The van der Waals surface area contributed by atoms with E-state index in [1.54, 1.807) is 22.9 Å². The van der Waals surface area contributed by atoms with Crippen LogP contribution < -0.4 is 10.6 Å². The van der Waals surface area contributed by atoms with E-state index in [4.69, 9.17) is 0 Å². The van der Waals surface area contributed by atoms with Gasteiger partial charge in [0.1, 0.15) is 0 Å². The molecule has 9 heteroatoms. The highest BCUT2D eigenvalue weighted by Gasteiger charge is 2.13. The Labute approximate surface area is 163 Å². The molecular formula is C18H26N6O2S. The first-order valence-electron chi connectivity index (χ1n) is 9.08. The number of hydrogen-bond donors (Lipinski definition) is 2. The molecular weight excluding hydrogens is 364 g/mol. The topological polar surface area (TPSA) is 102 Å². The number of amides is 2. The lowest BCUT2D eigenvalue weighted by Gasteiger charge is -2.13. The molecule has 2 amide bonds. The Bertz CT molecular complexity index is 764. The summed E-state index contributed by atoms with van der Waals surface area (Å²) in [5.41, 5.74) is 1.37. The lowest BCUT2D eigenvalue weighted by molar-refractivity contribution is -0.119. The second kappa shape index (κ2) is 10.7. The zero-order valence-corrected chi connectivity index (χ0v) is 16.8. The van der Waals surface area contributed by atoms with Crippen LogP contribution in [0.3, 0.4) is 0 Å². The number of unbranched alkanes of at least 4 members (excludes halogenated alkanes) is 2. The maximum atomic E-state index is 12.1. The van der Waals surface area contributed by atoms with E-state index in [0.29, 0.717) is 16.5 Å². The molecule has 0 aliphatic carbocycles. The monoisotopic (exact) mass is 390 g/mol. The van der Waals surface area contributed by atoms with Crippen molar-refractivity contribution in [2.24, 2.45) is 0 Å². The van der Waals surface area contributed by atoms with Crippen molar-refractivity contribution in [2.45, 2.75) is 57.7 Å². The van der Waals surface area contributed by atoms with E-state index in [0.717, 1.165) is 12.8 Å². The number of nitrogens with one attached hydrogen (secondary N) is 2. The van der Waals surface area contributed by atoms with Crippen molar-refractivity contribution >= 4 is 29.3 Å². The molecule has 1 atom stereocenters. The molecule has 0 fully saturated rings. The molecule has 1 unspecified atom stereocenters. The van der Waals surface area contributed by atoms with Crippen LogP contribution >= 0.6 is 11.8 Å². The fourth-order valence-corrected chi connectivity index (χ4v) is 3.27. The van der Waals surface area contributed by atoms with Crippen LogP contribution in [-0.2, 0) is 9.59 Å². The van der Waals surface area contributed by atoms with Crippen LogP contribution in [0, 0.1) is 0 Å². The molecule has 8 nitrogen and oxygen atoms in total. The van der Waals surface area contributed by atoms with Gasteiger partial charge in [0.15, 0.2) is 0 Å². The summed E-state index contributed by atoms with van der Waals surface area (Å²) in [6.45, 7) is 5.64. The van der Waals surface area contributed by atoms with Crippen molar-refractivity contribution in [1.29, 1.82) is 0 Å². The molecule has 0 saturated carbocycles. The predicted molar refractivity (Wildman–Crippen MR) is 106 cm³/mol. The van der Waals surface area contributed by atoms with Crippen LogP contribution in [-0.4, -0.2) is 43.8 Å². The zero-order valence-electron chi connectivity index (χ0n) is 15.9. The Morgan fingerprint density at radius 2 is 2.11 bits per heavy atom. The molecule has 1 aromatic heterocycles. The van der Waals surface area contributed by atoms with Crippen LogP contribution in [0.1, 0.15) is 46.5 Å². The molecule has 1 heterocycles. The largest absolute Gasteiger partial charge is 0.353 e. The number of benzene rings is 1. The predicted octanol–water partition coefficient (Wildman–Crippen LogP) is 2.80. The third kappa shape index (κ3) is 7.01. The first-order chi connectivity index (χ1) is 13.0. The number of hydrogen-bond acceptors (Lipinski definition) is 6. The average Bonchev–Trinajstić information content (AvgIpc) is 3.08. The number of tetrazole rings is 1. The van der Waals surface area contributed by atoms with Crippen LogP contribution in [0.15, 0.2) is 29.4 Å². The second-order valence-corrected chi connectivity index (χ2v) is 7.30. The van der Waals surface area contributed by atoms with Crippen molar-refractivity contribution in [3.8, 4) is 5.69 Å². The quantitative estimate of drug-likeness (QED) is 0.478. The maximum Gasteiger partial charge on any atom is 0.230 e. The van der Waals surface area contributed by atoms with Crippen molar-refractivity contribution < 1.29 is 9.59 Å². The summed E-state index contributed by atoms with van der Waals surface area (Å²) in [5.74, 6) is 0.0536. The number of carbonyl (C=O) groups is 2. The van der Waals surface area contributed by atoms with E-state index < -0.39 is 0 Å². The van der Waals surface area contributed by atoms with Gasteiger partial charge in [-0.15, -0.1) is 5.10 Å². The van der Waals surface area contributed by atoms with Gasteiger partial charge in [-0.05, 0) is 42.0 Å². The van der Waals surface area contributed by atoms with Crippen molar-refractivity contribution in [2.75, 3.05) is 11.1 Å². The first-order valence-corrected chi connectivity index (χ1v) is 10.1. The Hall–Kier alpha value is -2.42. The molecule has 0 bridgehead atoms. The molecule has 2 N–H and O–H groups in total. The molecule has 146 valence electrons. The maximum absolute atomic E-state index is 12.1. The fourth-order valence-electron chi connectivity index (χ4n) is 2.57. The number of thioether (sulfide) groups is 1. The van der Waals surface area contributed by atoms with Gasteiger partial charge in [0, 0.05) is 18.7 Å². The number of aromatic nitrogens is 4. The average molecular weight is 391 g/mol. The smallest absolute Gasteiger partial charge is 0.230 e. The summed E-state index contributed by atoms with van der Waals surface area (Å²) in [7, 11) is 0. The Morgan fingerprint density at radius 1 is 1.30 bits per heavy atom. The number of nitrogens with zero attached hydrogens (tertiary/aromatic N) is 4. The number of anilines is 1. The summed E-state index contributed by atoms with van der Waals surface area (Å²) in [4.78, 5) is 23.4. The van der Waals surface area contributed by atoms with Gasteiger partial charge in [0.25, 0.3) is 0 Å². The first kappa shape index (κ1) is 20.9. The summed E-state index contributed by atoms with van der Waals surface area (Å²) < 4.78 is 1.55. The van der Waals surface area contributed by atoms with Gasteiger partial charge < -0.3 is 10.6 Å². The third-order valence-corrected chi connectivity index (χ3v) is 4.75. The summed E-state index contributed by atoms with van der Waals surface area (Å²) in [5, 5.41) is 17.9. The Kier molecular flexibility index (Phi) is 8.25. The SMILES string of the molecule is CCCCCC(C)NC(=O)CSc1nnnn1-c1cccc(NC(C)=O)c1. The summed E-state index contributed by atoms with van der Waals surface area (Å²) >= 11 is 1.27. The minimum absolute atomic E-state index is 0.0365. The number of rotatable bonds is 10. The summed E-state index contributed by atoms with van der Waals surface area (Å²) in [6.07, 6.45) is 4.45. The second-order valence-electron chi connectivity index (χ2n) is 6.36. The van der Waals surface area contributed by atoms with Crippen molar-refractivity contribution in [1.82, 2.24) is 25.5 Å². The Balaban J connectivity index is 1.93. The van der Waals surface area contributed by atoms with Gasteiger partial charge in [-0.2, -0.15) is 4.68 Å². The summed E-state index contributed by atoms with van der Waals surface area (Å²) in [6, 6.07) is 7.37. The zero-order chi connectivity index (χ0) is 19.6. The van der Waals surface area contributed by atoms with Crippen LogP contribution in [0.25, 0.3) is 5.69 Å². The van der Waals surface area contributed by atoms with E-state index >= 15 is 0 Å². The highest BCUT2D eigenvalue weighted by Crippen LogP contribution is 2.20. The molecule has 1 aromatic carbocycles. The van der Waals surface area contributed by atoms with Gasteiger partial charge >= 0.3 is 0 Å². The van der Waals surface area contributed by atoms with Crippen LogP contribution in [0.2, 0.25) is 0 Å². The molecule has 27 heavy (non-hydrogen) atoms. The molecule has 0 saturated heterocycles. The van der Waals surface area contributed by atoms with E-state index in [9.17, 15) is 9.59 Å². The molecule has 0 aliphatic heterocycles. The molecule has 2 aromatic rings. The lowest BCUT2D eigenvalue weighted by Crippen LogP contribution is -2.33. The Morgan fingerprint density at radius 3 is 2.85 bits per heavy atom. The van der Waals surface area contributed by atoms with E-state index in [-0.39, 0.29) is 23.6 Å². The van der Waals surface area contributed by atoms with Crippen molar-refractivity contribution in [3.05, 3.63) is 24.3 Å². The normalized spacial score (nSPS) is 11.8. The van der Waals surface area contributed by atoms with Gasteiger partial charge in [-0.25, -0.2) is 0 Å². The minimum atomic E-state index is -0.150. The van der Waals surface area contributed by atoms with Gasteiger partial charge in [0.05, 0.1) is 11.4 Å². The highest BCUT2D eigenvalue weighted by molar-refractivity contribution is 7.99. The van der Waals surface area contributed by atoms with Gasteiger partial charge in [-0.1, -0.05) is 44.0 Å². The third-order valence-electron chi connectivity index (χ3n) is 3.83. The van der Waals surface area contributed by atoms with Crippen LogP contribution in [0.5, 0.6) is 0 Å². The lowest BCUT2D eigenvalue weighted by atomic mass is 10.1. The molecule has 0 spiro atoms. The molecule has 2 rings (SSSR count). The molecule has 0 radical (unpaired) electrons. The highest BCUT2D eigenvalue weighted by atomic mass is 32.2. The van der Waals surface area contributed by atoms with E-state index in [1.165, 1.54) is 31.5 Å². The van der Waals surface area contributed by atoms with E-state index in [2.05, 4.69) is 33.1 Å². The fraction of sp³-hybridized carbons (Fsp3) is 0.500. The van der Waals surface area contributed by atoms with E-state index in [1.807, 2.05) is 13.0 Å².